The minimum atomic E-state index is 0.192. The van der Waals surface area contributed by atoms with Crippen LogP contribution in [0.4, 0.5) is 0 Å². The summed E-state index contributed by atoms with van der Waals surface area (Å²) < 4.78 is 5.84. The van der Waals surface area contributed by atoms with Crippen LogP contribution in [0.1, 0.15) is 59.9 Å². The average molecular weight is 303 g/mol. The second-order valence-corrected chi connectivity index (χ2v) is 7.83. The molecular weight excluding hydrogens is 270 g/mol. The number of benzene rings is 1. The van der Waals surface area contributed by atoms with Crippen LogP contribution in [0.2, 0.25) is 0 Å². The normalized spacial score (nSPS) is 12.5. The van der Waals surface area contributed by atoms with Crippen molar-refractivity contribution in [3.8, 4) is 5.75 Å². The summed E-state index contributed by atoms with van der Waals surface area (Å²) in [5, 5.41) is 0. The van der Waals surface area contributed by atoms with Crippen LogP contribution in [0.15, 0.2) is 30.8 Å². The molecule has 22 heavy (non-hydrogen) atoms. The smallest absolute Gasteiger partial charge is 0.119 e. The van der Waals surface area contributed by atoms with Crippen LogP contribution in [-0.4, -0.2) is 29.1 Å². The van der Waals surface area contributed by atoms with E-state index in [0.29, 0.717) is 0 Å². The van der Waals surface area contributed by atoms with Crippen molar-refractivity contribution in [2.24, 2.45) is 0 Å². The van der Waals surface area contributed by atoms with Crippen LogP contribution >= 0.6 is 0 Å². The van der Waals surface area contributed by atoms with E-state index in [9.17, 15) is 0 Å². The summed E-state index contributed by atoms with van der Waals surface area (Å²) in [6.45, 7) is 19.4. The van der Waals surface area contributed by atoms with Gasteiger partial charge in [-0.1, -0.05) is 24.8 Å². The first-order chi connectivity index (χ1) is 10.1. The summed E-state index contributed by atoms with van der Waals surface area (Å²) in [5.74, 6) is 0.931. The third kappa shape index (κ3) is 6.23. The largest absolute Gasteiger partial charge is 0.494 e. The van der Waals surface area contributed by atoms with Gasteiger partial charge in [-0.2, -0.15) is 0 Å². The first kappa shape index (κ1) is 18.8. The van der Waals surface area contributed by atoms with E-state index in [1.165, 1.54) is 0 Å². The summed E-state index contributed by atoms with van der Waals surface area (Å²) >= 11 is 0. The van der Waals surface area contributed by atoms with Gasteiger partial charge in [-0.15, -0.1) is 0 Å². The SMILES string of the molecule is C=Cc1cccc(OCCCCN(C(C)(C)C)C(C)(C)C)c1. The van der Waals surface area contributed by atoms with Gasteiger partial charge < -0.3 is 4.74 Å². The van der Waals surface area contributed by atoms with Crippen molar-refractivity contribution in [1.82, 2.24) is 4.90 Å². The molecule has 0 saturated heterocycles. The maximum atomic E-state index is 5.84. The molecule has 0 aliphatic heterocycles. The lowest BCUT2D eigenvalue weighted by molar-refractivity contribution is 0.0358. The summed E-state index contributed by atoms with van der Waals surface area (Å²) in [6, 6.07) is 8.07. The summed E-state index contributed by atoms with van der Waals surface area (Å²) in [5.41, 5.74) is 1.48. The second-order valence-electron chi connectivity index (χ2n) is 7.83. The Morgan fingerprint density at radius 2 is 1.68 bits per heavy atom. The molecule has 0 aliphatic rings. The molecule has 1 rings (SSSR count). The lowest BCUT2D eigenvalue weighted by Gasteiger charge is -2.45. The van der Waals surface area contributed by atoms with Crippen LogP contribution in [-0.2, 0) is 0 Å². The maximum Gasteiger partial charge on any atom is 0.119 e. The molecular formula is C20H33NO. The monoisotopic (exact) mass is 303 g/mol. The van der Waals surface area contributed by atoms with Gasteiger partial charge in [0.05, 0.1) is 6.61 Å². The van der Waals surface area contributed by atoms with Gasteiger partial charge in [-0.25, -0.2) is 0 Å². The zero-order chi connectivity index (χ0) is 16.8. The van der Waals surface area contributed by atoms with Crippen molar-refractivity contribution >= 4 is 6.08 Å². The predicted molar refractivity (Wildman–Crippen MR) is 97.5 cm³/mol. The minimum Gasteiger partial charge on any atom is -0.494 e. The molecule has 124 valence electrons. The van der Waals surface area contributed by atoms with Gasteiger partial charge in [0.25, 0.3) is 0 Å². The Morgan fingerprint density at radius 1 is 1.05 bits per heavy atom. The zero-order valence-electron chi connectivity index (χ0n) is 15.3. The molecule has 0 radical (unpaired) electrons. The Balaban J connectivity index is 2.39. The molecule has 0 saturated carbocycles. The van der Waals surface area contributed by atoms with E-state index >= 15 is 0 Å². The summed E-state index contributed by atoms with van der Waals surface area (Å²) in [6.07, 6.45) is 4.06. The van der Waals surface area contributed by atoms with E-state index in [4.69, 9.17) is 4.74 Å². The summed E-state index contributed by atoms with van der Waals surface area (Å²) in [7, 11) is 0. The Bertz CT molecular complexity index is 451. The molecule has 0 aliphatic carbocycles. The molecule has 0 fully saturated rings. The van der Waals surface area contributed by atoms with Crippen LogP contribution in [0.5, 0.6) is 5.75 Å². The first-order valence-corrected chi connectivity index (χ1v) is 8.27. The topological polar surface area (TPSA) is 12.5 Å². The van der Waals surface area contributed by atoms with E-state index in [1.54, 1.807) is 0 Å². The van der Waals surface area contributed by atoms with Crippen molar-refractivity contribution in [2.75, 3.05) is 13.2 Å². The number of hydrogen-bond acceptors (Lipinski definition) is 2. The average Bonchev–Trinajstić information content (AvgIpc) is 2.40. The van der Waals surface area contributed by atoms with Crippen molar-refractivity contribution in [2.45, 2.75) is 65.5 Å². The zero-order valence-corrected chi connectivity index (χ0v) is 15.3. The number of nitrogens with zero attached hydrogens (tertiary/aromatic N) is 1. The Hall–Kier alpha value is -1.28. The molecule has 0 N–H and O–H groups in total. The van der Waals surface area contributed by atoms with Gasteiger partial charge in [0, 0.05) is 11.1 Å². The summed E-state index contributed by atoms with van der Waals surface area (Å²) in [4.78, 5) is 2.57. The molecule has 0 heterocycles. The number of unbranched alkanes of at least 4 members (excludes halogenated alkanes) is 1. The Morgan fingerprint density at radius 3 is 2.23 bits per heavy atom. The van der Waals surface area contributed by atoms with Gasteiger partial charge in [0.1, 0.15) is 5.75 Å². The quantitative estimate of drug-likeness (QED) is 0.626. The fourth-order valence-corrected chi connectivity index (χ4v) is 2.97. The third-order valence-electron chi connectivity index (χ3n) is 3.76. The van der Waals surface area contributed by atoms with Gasteiger partial charge in [0.2, 0.25) is 0 Å². The fraction of sp³-hybridized carbons (Fsp3) is 0.600. The molecule has 0 bridgehead atoms. The molecule has 0 unspecified atom stereocenters. The van der Waals surface area contributed by atoms with Crippen LogP contribution in [0.25, 0.3) is 6.08 Å². The molecule has 1 aromatic carbocycles. The lowest BCUT2D eigenvalue weighted by atomic mass is 9.95. The van der Waals surface area contributed by atoms with E-state index in [2.05, 4.69) is 53.0 Å². The van der Waals surface area contributed by atoms with Gasteiger partial charge in [-0.05, 0) is 78.6 Å². The molecule has 0 spiro atoms. The molecule has 0 aromatic heterocycles. The minimum absolute atomic E-state index is 0.192. The van der Waals surface area contributed by atoms with Gasteiger partial charge in [-0.3, -0.25) is 4.90 Å². The second kappa shape index (κ2) is 7.82. The standard InChI is InChI=1S/C20H33NO/c1-8-17-12-11-13-18(16-17)22-15-10-9-14-21(19(2,3)4)20(5,6)7/h8,11-13,16H,1,9-10,14-15H2,2-7H3. The highest BCUT2D eigenvalue weighted by atomic mass is 16.5. The predicted octanol–water partition coefficient (Wildman–Crippen LogP) is 5.39. The maximum absolute atomic E-state index is 5.84. The molecule has 1 aromatic rings. The molecule has 0 atom stereocenters. The molecule has 0 amide bonds. The highest BCUT2D eigenvalue weighted by Gasteiger charge is 2.30. The highest BCUT2D eigenvalue weighted by molar-refractivity contribution is 5.49. The van der Waals surface area contributed by atoms with Crippen molar-refractivity contribution in [3.05, 3.63) is 36.4 Å². The van der Waals surface area contributed by atoms with Crippen LogP contribution in [0, 0.1) is 0 Å². The first-order valence-electron chi connectivity index (χ1n) is 8.27. The van der Waals surface area contributed by atoms with Crippen molar-refractivity contribution < 1.29 is 4.74 Å². The van der Waals surface area contributed by atoms with E-state index in [1.807, 2.05) is 30.3 Å². The van der Waals surface area contributed by atoms with Crippen LogP contribution < -0.4 is 4.74 Å². The molecule has 2 heteroatoms. The number of ether oxygens (including phenoxy) is 1. The van der Waals surface area contributed by atoms with E-state index < -0.39 is 0 Å². The van der Waals surface area contributed by atoms with E-state index in [-0.39, 0.29) is 11.1 Å². The molecule has 2 nitrogen and oxygen atoms in total. The van der Waals surface area contributed by atoms with Gasteiger partial charge in [0.15, 0.2) is 0 Å². The Labute approximate surface area is 137 Å². The van der Waals surface area contributed by atoms with Gasteiger partial charge >= 0.3 is 0 Å². The van der Waals surface area contributed by atoms with Crippen molar-refractivity contribution in [3.63, 3.8) is 0 Å². The third-order valence-corrected chi connectivity index (χ3v) is 3.76. The fourth-order valence-electron chi connectivity index (χ4n) is 2.97. The number of rotatable bonds is 7. The Kier molecular flexibility index (Phi) is 6.67. The van der Waals surface area contributed by atoms with Crippen molar-refractivity contribution in [1.29, 1.82) is 0 Å². The van der Waals surface area contributed by atoms with E-state index in [0.717, 1.165) is 37.3 Å². The lowest BCUT2D eigenvalue weighted by Crippen LogP contribution is -2.52. The highest BCUT2D eigenvalue weighted by Crippen LogP contribution is 2.25. The number of hydrogen-bond donors (Lipinski definition) is 0. The van der Waals surface area contributed by atoms with Crippen LogP contribution in [0.3, 0.4) is 0 Å².